The van der Waals surface area contributed by atoms with E-state index < -0.39 is 12.0 Å². The fourth-order valence-electron chi connectivity index (χ4n) is 2.60. The van der Waals surface area contributed by atoms with Crippen LogP contribution in [-0.2, 0) is 20.9 Å². The van der Waals surface area contributed by atoms with Crippen molar-refractivity contribution < 1.29 is 19.4 Å². The van der Waals surface area contributed by atoms with E-state index in [4.69, 9.17) is 17.0 Å². The highest BCUT2D eigenvalue weighted by Gasteiger charge is 2.29. The van der Waals surface area contributed by atoms with Gasteiger partial charge in [-0.2, -0.15) is 0 Å². The number of hydrogen-bond donors (Lipinski definition) is 3. The number of para-hydroxylation sites is 1. The van der Waals surface area contributed by atoms with Crippen LogP contribution in [0.3, 0.4) is 0 Å². The van der Waals surface area contributed by atoms with Crippen LogP contribution >= 0.6 is 12.2 Å². The van der Waals surface area contributed by atoms with E-state index in [0.717, 1.165) is 11.3 Å². The molecule has 0 spiro atoms. The molecule has 144 valence electrons. The Kier molecular flexibility index (Phi) is 9.01. The van der Waals surface area contributed by atoms with Crippen molar-refractivity contribution in [3.8, 4) is 0 Å². The second-order valence-electron chi connectivity index (χ2n) is 6.25. The zero-order valence-corrected chi connectivity index (χ0v) is 16.4. The fraction of sp³-hybridized carbons (Fsp3) is 0.500. The highest BCUT2D eigenvalue weighted by atomic mass is 32.1. The minimum Gasteiger partial charge on any atom is -0.480 e. The summed E-state index contributed by atoms with van der Waals surface area (Å²) in [7, 11) is 3.13. The number of nitrogens with one attached hydrogen (secondary N) is 2. The Bertz CT molecular complexity index is 637. The molecule has 1 atom stereocenters. The highest BCUT2D eigenvalue weighted by molar-refractivity contribution is 7.80. The second-order valence-corrected chi connectivity index (χ2v) is 6.66. The van der Waals surface area contributed by atoms with Crippen LogP contribution in [0.5, 0.6) is 0 Å². The lowest BCUT2D eigenvalue weighted by Crippen LogP contribution is -2.46. The van der Waals surface area contributed by atoms with E-state index in [-0.39, 0.29) is 18.2 Å². The molecule has 0 saturated carbocycles. The number of methoxy groups -OCH3 is 1. The van der Waals surface area contributed by atoms with Gasteiger partial charge in [0.2, 0.25) is 5.91 Å². The number of carbonyl (C=O) groups is 2. The molecule has 8 heteroatoms. The Morgan fingerprint density at radius 2 is 1.96 bits per heavy atom. The van der Waals surface area contributed by atoms with E-state index >= 15 is 0 Å². The van der Waals surface area contributed by atoms with Crippen LogP contribution in [-0.4, -0.2) is 53.7 Å². The van der Waals surface area contributed by atoms with Crippen molar-refractivity contribution in [1.29, 1.82) is 0 Å². The average molecular weight is 381 g/mol. The fourth-order valence-corrected chi connectivity index (χ4v) is 2.81. The summed E-state index contributed by atoms with van der Waals surface area (Å²) >= 11 is 5.25. The van der Waals surface area contributed by atoms with Crippen LogP contribution < -0.4 is 10.6 Å². The zero-order valence-electron chi connectivity index (χ0n) is 15.6. The maximum Gasteiger partial charge on any atom is 0.326 e. The number of nitrogens with zero attached hydrogens (tertiary/aromatic N) is 1. The quantitative estimate of drug-likeness (QED) is 0.564. The summed E-state index contributed by atoms with van der Waals surface area (Å²) in [6.45, 7) is 4.32. The molecule has 0 saturated heterocycles. The Morgan fingerprint density at radius 3 is 2.54 bits per heavy atom. The first-order valence-corrected chi connectivity index (χ1v) is 8.78. The average Bonchev–Trinajstić information content (AvgIpc) is 2.56. The van der Waals surface area contributed by atoms with Gasteiger partial charge in [-0.15, -0.1) is 0 Å². The first-order valence-electron chi connectivity index (χ1n) is 8.38. The molecule has 26 heavy (non-hydrogen) atoms. The Labute approximate surface area is 159 Å². The molecule has 0 aliphatic heterocycles. The van der Waals surface area contributed by atoms with Gasteiger partial charge in [0.15, 0.2) is 5.11 Å². The molecular formula is C18H27N3O4S. The van der Waals surface area contributed by atoms with Crippen LogP contribution in [0.4, 0.5) is 5.69 Å². The summed E-state index contributed by atoms with van der Waals surface area (Å²) in [4.78, 5) is 24.8. The summed E-state index contributed by atoms with van der Waals surface area (Å²) in [5.41, 5.74) is 1.80. The van der Waals surface area contributed by atoms with E-state index in [0.29, 0.717) is 18.3 Å². The smallest absolute Gasteiger partial charge is 0.326 e. The van der Waals surface area contributed by atoms with Gasteiger partial charge in [-0.3, -0.25) is 4.79 Å². The zero-order chi connectivity index (χ0) is 19.7. The molecule has 0 unspecified atom stereocenters. The molecule has 1 aromatic rings. The third-order valence-electron chi connectivity index (χ3n) is 3.88. The number of thiocarbonyl (C=S) groups is 1. The third-order valence-corrected chi connectivity index (χ3v) is 4.13. The van der Waals surface area contributed by atoms with Crippen molar-refractivity contribution in [2.45, 2.75) is 32.9 Å². The molecule has 1 aromatic carbocycles. The Morgan fingerprint density at radius 1 is 1.31 bits per heavy atom. The number of aliphatic carboxylic acids is 1. The normalized spacial score (nSPS) is 11.7. The highest BCUT2D eigenvalue weighted by Crippen LogP contribution is 2.15. The molecule has 0 aromatic heterocycles. The molecule has 1 amide bonds. The van der Waals surface area contributed by atoms with Crippen LogP contribution in [0, 0.1) is 5.92 Å². The van der Waals surface area contributed by atoms with Crippen LogP contribution in [0.25, 0.3) is 0 Å². The molecule has 0 aliphatic rings. The molecule has 0 bridgehead atoms. The van der Waals surface area contributed by atoms with Crippen molar-refractivity contribution in [1.82, 2.24) is 10.2 Å². The van der Waals surface area contributed by atoms with Gasteiger partial charge in [-0.25, -0.2) is 4.79 Å². The topological polar surface area (TPSA) is 90.9 Å². The van der Waals surface area contributed by atoms with Gasteiger partial charge in [0.05, 0.1) is 6.61 Å². The minimum absolute atomic E-state index is 0.147. The van der Waals surface area contributed by atoms with E-state index in [2.05, 4.69) is 10.6 Å². The maximum absolute atomic E-state index is 12.2. The molecule has 0 heterocycles. The molecular weight excluding hydrogens is 354 g/mol. The number of amides is 1. The van der Waals surface area contributed by atoms with Gasteiger partial charge in [-0.05, 0) is 24.2 Å². The Balaban J connectivity index is 2.51. The molecule has 0 fully saturated rings. The molecule has 0 aliphatic carbocycles. The van der Waals surface area contributed by atoms with Crippen LogP contribution in [0.1, 0.15) is 25.8 Å². The summed E-state index contributed by atoms with van der Waals surface area (Å²) in [6, 6.07) is 6.79. The number of ether oxygens (including phenoxy) is 1. The maximum atomic E-state index is 12.2. The lowest BCUT2D eigenvalue weighted by Gasteiger charge is -2.27. The van der Waals surface area contributed by atoms with Gasteiger partial charge < -0.3 is 25.4 Å². The van der Waals surface area contributed by atoms with Gasteiger partial charge in [0.1, 0.15) is 6.04 Å². The van der Waals surface area contributed by atoms with E-state index in [1.807, 2.05) is 24.3 Å². The monoisotopic (exact) mass is 381 g/mol. The predicted octanol–water partition coefficient (Wildman–Crippen LogP) is 2.08. The number of anilines is 1. The first kappa shape index (κ1) is 21.9. The summed E-state index contributed by atoms with van der Waals surface area (Å²) < 4.78 is 5.15. The van der Waals surface area contributed by atoms with Crippen LogP contribution in [0.15, 0.2) is 24.3 Å². The lowest BCUT2D eigenvalue weighted by molar-refractivity contribution is -0.150. The van der Waals surface area contributed by atoms with E-state index in [1.165, 1.54) is 11.9 Å². The van der Waals surface area contributed by atoms with Crippen molar-refractivity contribution in [2.75, 3.05) is 26.0 Å². The minimum atomic E-state index is -1.00. The van der Waals surface area contributed by atoms with E-state index in [9.17, 15) is 14.7 Å². The Hall–Kier alpha value is -2.19. The third kappa shape index (κ3) is 6.61. The second kappa shape index (κ2) is 10.7. The van der Waals surface area contributed by atoms with Gasteiger partial charge in [0, 0.05) is 38.4 Å². The van der Waals surface area contributed by atoms with Crippen molar-refractivity contribution in [3.63, 3.8) is 0 Å². The molecule has 3 N–H and O–H groups in total. The standard InChI is InChI=1S/C18H27N3O4S/c1-12(2)16(17(23)24)21(3)15(22)9-10-19-18(26)20-14-8-6-5-7-13(14)11-25-4/h5-8,12,16H,9-11H2,1-4H3,(H,23,24)(H2,19,20,26)/t16-/m0/s1. The van der Waals surface area contributed by atoms with Gasteiger partial charge in [-0.1, -0.05) is 32.0 Å². The first-order chi connectivity index (χ1) is 12.3. The van der Waals surface area contributed by atoms with Crippen LogP contribution in [0.2, 0.25) is 0 Å². The molecule has 0 radical (unpaired) electrons. The van der Waals surface area contributed by atoms with Crippen molar-refractivity contribution in [2.24, 2.45) is 5.92 Å². The number of likely N-dealkylation sites (N-methyl/N-ethyl adjacent to an activating group) is 1. The lowest BCUT2D eigenvalue weighted by atomic mass is 10.0. The van der Waals surface area contributed by atoms with Crippen molar-refractivity contribution >= 4 is 34.9 Å². The molecule has 1 rings (SSSR count). The largest absolute Gasteiger partial charge is 0.480 e. The summed E-state index contributed by atoms with van der Waals surface area (Å²) in [5, 5.41) is 15.7. The number of carbonyl (C=O) groups excluding carboxylic acids is 1. The summed E-state index contributed by atoms with van der Waals surface area (Å²) in [5.74, 6) is -1.42. The number of hydrogen-bond acceptors (Lipinski definition) is 4. The molecule has 7 nitrogen and oxygen atoms in total. The van der Waals surface area contributed by atoms with E-state index in [1.54, 1.807) is 21.0 Å². The number of carboxylic acid groups (broad SMARTS) is 1. The number of carboxylic acids is 1. The van der Waals surface area contributed by atoms with Gasteiger partial charge in [0.25, 0.3) is 0 Å². The van der Waals surface area contributed by atoms with Crippen molar-refractivity contribution in [3.05, 3.63) is 29.8 Å². The number of benzene rings is 1. The van der Waals surface area contributed by atoms with Gasteiger partial charge >= 0.3 is 5.97 Å². The summed E-state index contributed by atoms with van der Waals surface area (Å²) in [6.07, 6.45) is 0.147. The SMILES string of the molecule is COCc1ccccc1NC(=S)NCCC(=O)N(C)[C@H](C(=O)O)C(C)C. The number of rotatable bonds is 9. The predicted molar refractivity (Wildman–Crippen MR) is 105 cm³/mol.